The molecule has 2 amide bonds. The summed E-state index contributed by atoms with van der Waals surface area (Å²) in [6, 6.07) is 5.87. The molecule has 2 aliphatic carbocycles. The quantitative estimate of drug-likeness (QED) is 0.576. The zero-order valence-electron chi connectivity index (χ0n) is 18.5. The number of likely N-dealkylation sites (tertiary alicyclic amines) is 1. The third-order valence-electron chi connectivity index (χ3n) is 6.39. The second kappa shape index (κ2) is 8.69. The van der Waals surface area contributed by atoms with Crippen LogP contribution in [0.1, 0.15) is 54.5 Å². The van der Waals surface area contributed by atoms with Crippen LogP contribution in [0.4, 0.5) is 5.13 Å². The molecular formula is C23H28N4O4S. The minimum atomic E-state index is -0.152. The van der Waals surface area contributed by atoms with E-state index in [-0.39, 0.29) is 24.3 Å². The SMILES string of the molecule is COc1ccc([C@@H]2CC(=O)N(CC(=O)N(C)c3nnc(C4CC4)s3)C2)cc1OCC1CC1. The fourth-order valence-electron chi connectivity index (χ4n) is 3.93. The van der Waals surface area contributed by atoms with Gasteiger partial charge >= 0.3 is 0 Å². The number of likely N-dealkylation sites (N-methyl/N-ethyl adjacent to an activating group) is 1. The van der Waals surface area contributed by atoms with Crippen LogP contribution in [0.2, 0.25) is 0 Å². The molecule has 0 unspecified atom stereocenters. The minimum Gasteiger partial charge on any atom is -0.493 e. The van der Waals surface area contributed by atoms with E-state index in [4.69, 9.17) is 9.47 Å². The van der Waals surface area contributed by atoms with E-state index in [1.807, 2.05) is 18.2 Å². The molecule has 0 spiro atoms. The molecule has 9 heteroatoms. The van der Waals surface area contributed by atoms with E-state index in [0.29, 0.717) is 42.3 Å². The van der Waals surface area contributed by atoms with Crippen LogP contribution in [0.25, 0.3) is 0 Å². The number of hydrogen-bond donors (Lipinski definition) is 0. The van der Waals surface area contributed by atoms with Crippen molar-refractivity contribution < 1.29 is 19.1 Å². The van der Waals surface area contributed by atoms with Crippen LogP contribution in [-0.4, -0.2) is 60.8 Å². The molecule has 0 radical (unpaired) electrons. The van der Waals surface area contributed by atoms with Gasteiger partial charge in [-0.25, -0.2) is 0 Å². The highest BCUT2D eigenvalue weighted by molar-refractivity contribution is 7.15. The van der Waals surface area contributed by atoms with Gasteiger partial charge in [0, 0.05) is 31.8 Å². The highest BCUT2D eigenvalue weighted by Gasteiger charge is 2.34. The molecule has 170 valence electrons. The predicted molar refractivity (Wildman–Crippen MR) is 120 cm³/mol. The van der Waals surface area contributed by atoms with Gasteiger partial charge in [-0.05, 0) is 49.3 Å². The molecule has 1 saturated heterocycles. The molecular weight excluding hydrogens is 428 g/mol. The molecule has 1 aromatic carbocycles. The summed E-state index contributed by atoms with van der Waals surface area (Å²) in [6.45, 7) is 1.26. The summed E-state index contributed by atoms with van der Waals surface area (Å²) in [5.74, 6) is 2.44. The lowest BCUT2D eigenvalue weighted by atomic mass is 9.98. The average molecular weight is 457 g/mol. The van der Waals surface area contributed by atoms with Gasteiger partial charge in [-0.15, -0.1) is 10.2 Å². The smallest absolute Gasteiger partial charge is 0.248 e. The van der Waals surface area contributed by atoms with E-state index in [1.54, 1.807) is 19.1 Å². The van der Waals surface area contributed by atoms with Gasteiger partial charge in [-0.2, -0.15) is 0 Å². The van der Waals surface area contributed by atoms with E-state index in [2.05, 4.69) is 10.2 Å². The van der Waals surface area contributed by atoms with Crippen molar-refractivity contribution in [1.29, 1.82) is 0 Å². The summed E-state index contributed by atoms with van der Waals surface area (Å²) in [6.07, 6.45) is 5.12. The fraction of sp³-hybridized carbons (Fsp3) is 0.565. The lowest BCUT2D eigenvalue weighted by molar-refractivity contribution is -0.132. The lowest BCUT2D eigenvalue weighted by Crippen LogP contribution is -2.39. The maximum Gasteiger partial charge on any atom is 0.248 e. The van der Waals surface area contributed by atoms with Gasteiger partial charge in [0.05, 0.1) is 13.7 Å². The molecule has 2 saturated carbocycles. The Morgan fingerprint density at radius 2 is 2.00 bits per heavy atom. The molecule has 0 N–H and O–H groups in total. The van der Waals surface area contributed by atoms with E-state index in [1.165, 1.54) is 29.1 Å². The van der Waals surface area contributed by atoms with Crippen LogP contribution in [0.3, 0.4) is 0 Å². The zero-order chi connectivity index (χ0) is 22.2. The molecule has 3 fully saturated rings. The number of hydrogen-bond acceptors (Lipinski definition) is 7. The van der Waals surface area contributed by atoms with Crippen molar-refractivity contribution in [2.24, 2.45) is 5.92 Å². The van der Waals surface area contributed by atoms with Crippen molar-refractivity contribution in [3.8, 4) is 11.5 Å². The van der Waals surface area contributed by atoms with Crippen molar-refractivity contribution in [2.75, 3.05) is 38.8 Å². The first-order valence-corrected chi connectivity index (χ1v) is 12.0. The number of anilines is 1. The molecule has 8 nitrogen and oxygen atoms in total. The van der Waals surface area contributed by atoms with Crippen molar-refractivity contribution >= 4 is 28.3 Å². The van der Waals surface area contributed by atoms with Crippen LogP contribution in [0, 0.1) is 5.92 Å². The van der Waals surface area contributed by atoms with Crippen molar-refractivity contribution in [3.05, 3.63) is 28.8 Å². The van der Waals surface area contributed by atoms with Gasteiger partial charge in [-0.3, -0.25) is 14.5 Å². The van der Waals surface area contributed by atoms with E-state index in [9.17, 15) is 9.59 Å². The Balaban J connectivity index is 1.22. The Morgan fingerprint density at radius 3 is 2.72 bits per heavy atom. The Morgan fingerprint density at radius 1 is 1.19 bits per heavy atom. The zero-order valence-corrected chi connectivity index (χ0v) is 19.3. The highest BCUT2D eigenvalue weighted by Crippen LogP contribution is 2.42. The largest absolute Gasteiger partial charge is 0.493 e. The van der Waals surface area contributed by atoms with Crippen molar-refractivity contribution in [2.45, 2.75) is 43.9 Å². The number of methoxy groups -OCH3 is 1. The van der Waals surface area contributed by atoms with E-state index in [0.717, 1.165) is 29.2 Å². The van der Waals surface area contributed by atoms with Crippen molar-refractivity contribution in [1.82, 2.24) is 15.1 Å². The number of carbonyl (C=O) groups excluding carboxylic acids is 2. The Bertz CT molecular complexity index is 1020. The van der Waals surface area contributed by atoms with E-state index < -0.39 is 0 Å². The standard InChI is InChI=1S/C23H28N4O4S/c1-26(23-25-24-22(32-23)15-5-6-15)21(29)12-27-11-17(10-20(27)28)16-7-8-18(30-2)19(9-16)31-13-14-3-4-14/h7-9,14-15,17H,3-6,10-13H2,1-2H3/t17-/m1/s1. The summed E-state index contributed by atoms with van der Waals surface area (Å²) in [4.78, 5) is 28.6. The number of carbonyl (C=O) groups is 2. The molecule has 5 rings (SSSR count). The maximum atomic E-state index is 12.8. The predicted octanol–water partition coefficient (Wildman–Crippen LogP) is 3.19. The number of aromatic nitrogens is 2. The van der Waals surface area contributed by atoms with Gasteiger partial charge in [0.2, 0.25) is 16.9 Å². The summed E-state index contributed by atoms with van der Waals surface area (Å²) in [7, 11) is 3.33. The van der Waals surface area contributed by atoms with Crippen LogP contribution >= 0.6 is 11.3 Å². The maximum absolute atomic E-state index is 12.8. The van der Waals surface area contributed by atoms with Gasteiger partial charge in [0.15, 0.2) is 11.5 Å². The summed E-state index contributed by atoms with van der Waals surface area (Å²) < 4.78 is 11.4. The first-order chi connectivity index (χ1) is 15.5. The van der Waals surface area contributed by atoms with E-state index >= 15 is 0 Å². The van der Waals surface area contributed by atoms with Gasteiger partial charge < -0.3 is 14.4 Å². The average Bonchev–Trinajstić information content (AvgIpc) is 3.73. The molecule has 1 atom stereocenters. The first kappa shape index (κ1) is 21.2. The second-order valence-electron chi connectivity index (χ2n) is 8.99. The molecule has 2 heterocycles. The first-order valence-electron chi connectivity index (χ1n) is 11.2. The highest BCUT2D eigenvalue weighted by atomic mass is 32.1. The van der Waals surface area contributed by atoms with Crippen LogP contribution in [0.15, 0.2) is 18.2 Å². The number of ether oxygens (including phenoxy) is 2. The lowest BCUT2D eigenvalue weighted by Gasteiger charge is -2.20. The topological polar surface area (TPSA) is 84.9 Å². The molecule has 3 aliphatic rings. The number of amides is 2. The third-order valence-corrected chi connectivity index (χ3v) is 7.55. The van der Waals surface area contributed by atoms with Gasteiger partial charge in [0.25, 0.3) is 0 Å². The Hall–Kier alpha value is -2.68. The van der Waals surface area contributed by atoms with Crippen LogP contribution in [-0.2, 0) is 9.59 Å². The molecule has 0 bridgehead atoms. The number of nitrogens with zero attached hydrogens (tertiary/aromatic N) is 4. The second-order valence-corrected chi connectivity index (χ2v) is 9.98. The molecule has 1 aromatic heterocycles. The Labute approximate surface area is 191 Å². The number of rotatable bonds is 9. The summed E-state index contributed by atoms with van der Waals surface area (Å²) in [5, 5.41) is 9.95. The van der Waals surface area contributed by atoms with Gasteiger partial charge in [0.1, 0.15) is 11.6 Å². The van der Waals surface area contributed by atoms with Gasteiger partial charge in [-0.1, -0.05) is 17.4 Å². The minimum absolute atomic E-state index is 0.0102. The number of benzene rings is 1. The van der Waals surface area contributed by atoms with Crippen LogP contribution in [0.5, 0.6) is 11.5 Å². The molecule has 32 heavy (non-hydrogen) atoms. The molecule has 1 aliphatic heterocycles. The summed E-state index contributed by atoms with van der Waals surface area (Å²) >= 11 is 1.47. The summed E-state index contributed by atoms with van der Waals surface area (Å²) in [5.41, 5.74) is 1.03. The van der Waals surface area contributed by atoms with Crippen molar-refractivity contribution in [3.63, 3.8) is 0 Å². The molecule has 2 aromatic rings. The fourth-order valence-corrected chi connectivity index (χ4v) is 4.93. The normalized spacial score (nSPS) is 20.5. The Kier molecular flexibility index (Phi) is 5.75. The monoisotopic (exact) mass is 456 g/mol. The van der Waals surface area contributed by atoms with Crippen LogP contribution < -0.4 is 14.4 Å². The third kappa shape index (κ3) is 4.57.